The molecule has 29 heavy (non-hydrogen) atoms. The van der Waals surface area contributed by atoms with Gasteiger partial charge in [-0.1, -0.05) is 82.3 Å². The lowest BCUT2D eigenvalue weighted by atomic mass is 9.82. The van der Waals surface area contributed by atoms with Crippen LogP contribution in [0, 0.1) is 0 Å². The summed E-state index contributed by atoms with van der Waals surface area (Å²) in [6.45, 7) is 8.70. The van der Waals surface area contributed by atoms with Crippen molar-refractivity contribution in [2.75, 3.05) is 0 Å². The highest BCUT2D eigenvalue weighted by atomic mass is 14.7. The summed E-state index contributed by atoms with van der Waals surface area (Å²) in [5, 5.41) is 1.38. The van der Waals surface area contributed by atoms with Crippen LogP contribution in [0.25, 0.3) is 33.7 Å². The van der Waals surface area contributed by atoms with Crippen LogP contribution in [-0.2, 0) is 11.8 Å². The van der Waals surface area contributed by atoms with E-state index < -0.39 is 0 Å². The van der Waals surface area contributed by atoms with Crippen molar-refractivity contribution in [3.8, 4) is 11.1 Å². The van der Waals surface area contributed by atoms with Crippen LogP contribution >= 0.6 is 0 Å². The first-order valence-electron chi connectivity index (χ1n) is 10.7. The summed E-state index contributed by atoms with van der Waals surface area (Å²) in [5.74, 6) is 0. The largest absolute Gasteiger partial charge is 0.355 e. The van der Waals surface area contributed by atoms with Gasteiger partial charge in [0.05, 0.1) is 0 Å². The monoisotopic (exact) mass is 377 g/mol. The molecular formula is C28H27N. The number of rotatable bonds is 1. The van der Waals surface area contributed by atoms with Gasteiger partial charge in [-0.15, -0.1) is 0 Å². The first kappa shape index (κ1) is 18.0. The van der Waals surface area contributed by atoms with Crippen molar-refractivity contribution in [3.05, 3.63) is 94.7 Å². The predicted octanol–water partition coefficient (Wildman–Crippen LogP) is 7.60. The summed E-state index contributed by atoms with van der Waals surface area (Å²) in [4.78, 5) is 3.69. The average Bonchev–Trinajstić information content (AvgIpc) is 3.38. The molecule has 0 saturated carbocycles. The molecule has 0 radical (unpaired) electrons. The van der Waals surface area contributed by atoms with Crippen LogP contribution in [0.2, 0.25) is 0 Å². The molecule has 2 aliphatic carbocycles. The highest BCUT2D eigenvalue weighted by molar-refractivity contribution is 6.00. The average molecular weight is 378 g/mol. The van der Waals surface area contributed by atoms with E-state index in [9.17, 15) is 0 Å². The quantitative estimate of drug-likeness (QED) is 0.351. The number of allylic oxidation sites excluding steroid dienone is 1. The van der Waals surface area contributed by atoms with E-state index in [1.807, 2.05) is 13.8 Å². The molecule has 0 saturated heterocycles. The molecule has 0 atom stereocenters. The van der Waals surface area contributed by atoms with Crippen LogP contribution in [0.3, 0.4) is 0 Å². The fourth-order valence-corrected chi connectivity index (χ4v) is 5.03. The van der Waals surface area contributed by atoms with Crippen LogP contribution < -0.4 is 0 Å². The number of fused-ring (bicyclic) bond motifs is 6. The Labute approximate surface area is 173 Å². The number of hydrogen-bond acceptors (Lipinski definition) is 0. The molecule has 1 heteroatoms. The lowest BCUT2D eigenvalue weighted by Crippen LogP contribution is -2.14. The van der Waals surface area contributed by atoms with Gasteiger partial charge in [0.25, 0.3) is 0 Å². The summed E-state index contributed by atoms with van der Waals surface area (Å²) in [6, 6.07) is 24.4. The molecular weight excluding hydrogens is 350 g/mol. The summed E-state index contributed by atoms with van der Waals surface area (Å²) in [6.07, 6.45) is 3.33. The van der Waals surface area contributed by atoms with Crippen molar-refractivity contribution >= 4 is 22.6 Å². The van der Waals surface area contributed by atoms with Crippen molar-refractivity contribution < 1.29 is 0 Å². The number of aromatic nitrogens is 1. The van der Waals surface area contributed by atoms with Gasteiger partial charge < -0.3 is 4.98 Å². The molecule has 1 aromatic heterocycles. The van der Waals surface area contributed by atoms with Gasteiger partial charge in [0, 0.05) is 28.4 Å². The SMILES string of the molecule is CC.CC1(C)c2ccccc2-c2cc3[nH]c4c(c3cc21)CC(c1ccccc1)=C4. The first-order valence-corrected chi connectivity index (χ1v) is 10.7. The van der Waals surface area contributed by atoms with E-state index in [1.54, 1.807) is 0 Å². The second-order valence-electron chi connectivity index (χ2n) is 8.34. The Morgan fingerprint density at radius 3 is 2.31 bits per heavy atom. The maximum atomic E-state index is 3.69. The molecule has 2 aliphatic rings. The first-order chi connectivity index (χ1) is 14.1. The van der Waals surface area contributed by atoms with Gasteiger partial charge >= 0.3 is 0 Å². The Morgan fingerprint density at radius 2 is 1.52 bits per heavy atom. The van der Waals surface area contributed by atoms with Gasteiger partial charge in [0.2, 0.25) is 0 Å². The van der Waals surface area contributed by atoms with Crippen molar-refractivity contribution in [2.24, 2.45) is 0 Å². The summed E-state index contributed by atoms with van der Waals surface area (Å²) in [7, 11) is 0. The van der Waals surface area contributed by atoms with Crippen molar-refractivity contribution in [3.63, 3.8) is 0 Å². The zero-order chi connectivity index (χ0) is 20.2. The number of hydrogen-bond donors (Lipinski definition) is 1. The van der Waals surface area contributed by atoms with Crippen molar-refractivity contribution in [1.82, 2.24) is 4.98 Å². The second-order valence-corrected chi connectivity index (χ2v) is 8.34. The van der Waals surface area contributed by atoms with Gasteiger partial charge in [-0.2, -0.15) is 0 Å². The van der Waals surface area contributed by atoms with Crippen LogP contribution in [0.4, 0.5) is 0 Å². The minimum absolute atomic E-state index is 0.0541. The third kappa shape index (κ3) is 2.54. The van der Waals surface area contributed by atoms with Crippen LogP contribution in [0.15, 0.2) is 66.7 Å². The molecule has 1 N–H and O–H groups in total. The zero-order valence-electron chi connectivity index (χ0n) is 17.6. The fourth-order valence-electron chi connectivity index (χ4n) is 5.03. The van der Waals surface area contributed by atoms with Crippen molar-refractivity contribution in [1.29, 1.82) is 0 Å². The molecule has 0 aliphatic heterocycles. The Balaban J connectivity index is 0.000000882. The highest BCUT2D eigenvalue weighted by Crippen LogP contribution is 2.50. The standard InChI is InChI=1S/C26H21N.C2H6/c1-26(2)22-11-7-6-10-18(22)19-15-25-21(14-23(19)26)20-12-17(13-24(20)27-25)16-8-4-3-5-9-16;1-2/h3-11,13-15,27H,12H2,1-2H3;1-2H3. The topological polar surface area (TPSA) is 15.8 Å². The Hall–Kier alpha value is -3.06. The van der Waals surface area contributed by atoms with E-state index in [0.717, 1.165) is 6.42 Å². The number of nitrogens with one attached hydrogen (secondary N) is 1. The molecule has 0 bridgehead atoms. The summed E-state index contributed by atoms with van der Waals surface area (Å²) in [5.41, 5.74) is 12.4. The molecule has 4 aromatic rings. The van der Waals surface area contributed by atoms with Gasteiger partial charge in [0.1, 0.15) is 0 Å². The lowest BCUT2D eigenvalue weighted by molar-refractivity contribution is 0.661. The third-order valence-corrected chi connectivity index (χ3v) is 6.47. The normalized spacial score (nSPS) is 15.2. The number of H-pyrrole nitrogens is 1. The van der Waals surface area contributed by atoms with Gasteiger partial charge in [0.15, 0.2) is 0 Å². The predicted molar refractivity (Wildman–Crippen MR) is 125 cm³/mol. The van der Waals surface area contributed by atoms with Crippen LogP contribution in [0.1, 0.15) is 55.6 Å². The minimum Gasteiger partial charge on any atom is -0.355 e. The highest BCUT2D eigenvalue weighted by Gasteiger charge is 2.36. The Morgan fingerprint density at radius 1 is 0.793 bits per heavy atom. The van der Waals surface area contributed by atoms with Crippen LogP contribution in [-0.4, -0.2) is 4.98 Å². The second kappa shape index (κ2) is 6.49. The molecule has 0 amide bonds. The maximum absolute atomic E-state index is 3.69. The molecule has 0 unspecified atom stereocenters. The van der Waals surface area contributed by atoms with E-state index in [4.69, 9.17) is 0 Å². The molecule has 3 aromatic carbocycles. The summed E-state index contributed by atoms with van der Waals surface area (Å²) >= 11 is 0. The Bertz CT molecular complexity index is 1250. The third-order valence-electron chi connectivity index (χ3n) is 6.47. The molecule has 1 nitrogen and oxygen atoms in total. The van der Waals surface area contributed by atoms with Gasteiger partial charge in [-0.3, -0.25) is 0 Å². The van der Waals surface area contributed by atoms with E-state index in [1.165, 1.54) is 55.6 Å². The van der Waals surface area contributed by atoms with E-state index in [2.05, 4.69) is 91.6 Å². The van der Waals surface area contributed by atoms with Crippen LogP contribution in [0.5, 0.6) is 0 Å². The molecule has 144 valence electrons. The molecule has 1 heterocycles. The van der Waals surface area contributed by atoms with Crippen molar-refractivity contribution in [2.45, 2.75) is 39.5 Å². The Kier molecular flexibility index (Phi) is 4.03. The summed E-state index contributed by atoms with van der Waals surface area (Å²) < 4.78 is 0. The van der Waals surface area contributed by atoms with Gasteiger partial charge in [-0.05, 0) is 57.2 Å². The lowest BCUT2D eigenvalue weighted by Gasteiger charge is -2.21. The fraction of sp³-hybridized carbons (Fsp3) is 0.214. The number of aromatic amines is 1. The smallest absolute Gasteiger partial charge is 0.0468 e. The van der Waals surface area contributed by atoms with E-state index in [0.29, 0.717) is 0 Å². The van der Waals surface area contributed by atoms with E-state index >= 15 is 0 Å². The molecule has 0 fully saturated rings. The molecule has 6 rings (SSSR count). The molecule has 0 spiro atoms. The number of benzene rings is 3. The van der Waals surface area contributed by atoms with E-state index in [-0.39, 0.29) is 5.41 Å². The maximum Gasteiger partial charge on any atom is 0.0468 e. The zero-order valence-corrected chi connectivity index (χ0v) is 17.6. The minimum atomic E-state index is 0.0541. The van der Waals surface area contributed by atoms with Gasteiger partial charge in [-0.25, -0.2) is 0 Å².